The summed E-state index contributed by atoms with van der Waals surface area (Å²) in [5.74, 6) is 0. The van der Waals surface area contributed by atoms with E-state index in [1.807, 2.05) is 18.2 Å². The average molecular weight is 300 g/mol. The molecule has 2 heterocycles. The van der Waals surface area contributed by atoms with Crippen LogP contribution in [-0.2, 0) is 0 Å². The van der Waals surface area contributed by atoms with Crippen LogP contribution in [0.3, 0.4) is 0 Å². The van der Waals surface area contributed by atoms with E-state index >= 15 is 0 Å². The van der Waals surface area contributed by atoms with Gasteiger partial charge in [-0.05, 0) is 44.1 Å². The third-order valence-electron chi connectivity index (χ3n) is 3.85. The van der Waals surface area contributed by atoms with Gasteiger partial charge in [0.2, 0.25) is 0 Å². The van der Waals surface area contributed by atoms with E-state index in [9.17, 15) is 0 Å². The highest BCUT2D eigenvalue weighted by Gasteiger charge is 2.15. The molecular formula is C16H20N4S. The molecule has 1 aromatic heterocycles. The molecule has 1 atom stereocenters. The Labute approximate surface area is 130 Å². The Morgan fingerprint density at radius 2 is 1.95 bits per heavy atom. The topological polar surface area (TPSA) is 40.2 Å². The SMILES string of the molecule is C[C@@H](NNC(=S)N1CCCC1)c1ccc2ccccc2n1. The van der Waals surface area contributed by atoms with Gasteiger partial charge in [-0.3, -0.25) is 10.4 Å². The first-order chi connectivity index (χ1) is 10.2. The van der Waals surface area contributed by atoms with Crippen LogP contribution < -0.4 is 10.9 Å². The van der Waals surface area contributed by atoms with E-state index < -0.39 is 0 Å². The van der Waals surface area contributed by atoms with E-state index in [1.54, 1.807) is 0 Å². The molecule has 21 heavy (non-hydrogen) atoms. The van der Waals surface area contributed by atoms with Crippen molar-refractivity contribution in [2.24, 2.45) is 0 Å². The fourth-order valence-corrected chi connectivity index (χ4v) is 2.81. The molecule has 1 aliphatic heterocycles. The summed E-state index contributed by atoms with van der Waals surface area (Å²) in [5.41, 5.74) is 8.41. The molecule has 2 N–H and O–H groups in total. The molecule has 0 saturated carbocycles. The van der Waals surface area contributed by atoms with Crippen molar-refractivity contribution < 1.29 is 0 Å². The van der Waals surface area contributed by atoms with Crippen LogP contribution in [0.1, 0.15) is 31.5 Å². The molecule has 3 rings (SSSR count). The van der Waals surface area contributed by atoms with Crippen molar-refractivity contribution in [2.75, 3.05) is 13.1 Å². The van der Waals surface area contributed by atoms with Gasteiger partial charge < -0.3 is 4.90 Å². The number of para-hydroxylation sites is 1. The summed E-state index contributed by atoms with van der Waals surface area (Å²) in [5, 5.41) is 1.94. The van der Waals surface area contributed by atoms with Gasteiger partial charge in [0.15, 0.2) is 5.11 Å². The summed E-state index contributed by atoms with van der Waals surface area (Å²) in [6.45, 7) is 4.18. The van der Waals surface area contributed by atoms with Crippen LogP contribution in [0, 0.1) is 0 Å². The minimum Gasteiger partial charge on any atom is -0.348 e. The molecule has 2 aromatic rings. The Hall–Kier alpha value is -1.72. The van der Waals surface area contributed by atoms with E-state index in [4.69, 9.17) is 17.2 Å². The number of hydrazine groups is 1. The third-order valence-corrected chi connectivity index (χ3v) is 4.21. The normalized spacial score (nSPS) is 16.1. The Balaban J connectivity index is 1.63. The summed E-state index contributed by atoms with van der Waals surface area (Å²) in [7, 11) is 0. The molecule has 0 aliphatic carbocycles. The molecule has 110 valence electrons. The van der Waals surface area contributed by atoms with Gasteiger partial charge in [0.05, 0.1) is 17.3 Å². The second kappa shape index (κ2) is 6.37. The summed E-state index contributed by atoms with van der Waals surface area (Å²) in [4.78, 5) is 6.89. The zero-order chi connectivity index (χ0) is 14.7. The summed E-state index contributed by atoms with van der Waals surface area (Å²) in [6.07, 6.45) is 2.45. The number of aromatic nitrogens is 1. The molecular weight excluding hydrogens is 280 g/mol. The number of fused-ring (bicyclic) bond motifs is 1. The largest absolute Gasteiger partial charge is 0.348 e. The molecule has 0 amide bonds. The van der Waals surface area contributed by atoms with Crippen LogP contribution >= 0.6 is 12.2 Å². The Morgan fingerprint density at radius 1 is 1.19 bits per heavy atom. The van der Waals surface area contributed by atoms with E-state index in [0.717, 1.165) is 34.8 Å². The van der Waals surface area contributed by atoms with E-state index in [1.165, 1.54) is 12.8 Å². The van der Waals surface area contributed by atoms with Gasteiger partial charge in [-0.25, -0.2) is 5.43 Å². The number of nitrogens with one attached hydrogen (secondary N) is 2. The van der Waals surface area contributed by atoms with Gasteiger partial charge >= 0.3 is 0 Å². The third kappa shape index (κ3) is 3.31. The lowest BCUT2D eigenvalue weighted by Crippen LogP contribution is -2.46. The second-order valence-electron chi connectivity index (χ2n) is 5.42. The summed E-state index contributed by atoms with van der Waals surface area (Å²) >= 11 is 5.39. The van der Waals surface area contributed by atoms with Crippen LogP contribution in [0.25, 0.3) is 10.9 Å². The van der Waals surface area contributed by atoms with Gasteiger partial charge in [-0.15, -0.1) is 0 Å². The molecule has 1 saturated heterocycles. The fraction of sp³-hybridized carbons (Fsp3) is 0.375. The van der Waals surface area contributed by atoms with E-state index in [-0.39, 0.29) is 6.04 Å². The number of hydrogen-bond acceptors (Lipinski definition) is 3. The standard InChI is InChI=1S/C16H20N4S/c1-12(18-19-16(21)20-10-4-5-11-20)14-9-8-13-6-2-3-7-15(13)17-14/h2-3,6-9,12,18H,4-5,10-11H2,1H3,(H,19,21)/t12-/m1/s1. The highest BCUT2D eigenvalue weighted by Crippen LogP contribution is 2.16. The van der Waals surface area contributed by atoms with Crippen molar-refractivity contribution in [1.82, 2.24) is 20.7 Å². The van der Waals surface area contributed by atoms with Gasteiger partial charge in [-0.1, -0.05) is 24.3 Å². The van der Waals surface area contributed by atoms with Crippen molar-refractivity contribution in [3.05, 3.63) is 42.1 Å². The number of nitrogens with zero attached hydrogens (tertiary/aromatic N) is 2. The Morgan fingerprint density at radius 3 is 2.76 bits per heavy atom. The van der Waals surface area contributed by atoms with E-state index in [0.29, 0.717) is 0 Å². The van der Waals surface area contributed by atoms with Crippen molar-refractivity contribution in [2.45, 2.75) is 25.8 Å². The number of benzene rings is 1. The Bertz CT molecular complexity index is 637. The molecule has 0 bridgehead atoms. The maximum absolute atomic E-state index is 5.39. The maximum atomic E-state index is 5.39. The van der Waals surface area contributed by atoms with Crippen molar-refractivity contribution in [1.29, 1.82) is 0 Å². The lowest BCUT2D eigenvalue weighted by Gasteiger charge is -2.22. The predicted molar refractivity (Wildman–Crippen MR) is 89.8 cm³/mol. The molecule has 1 fully saturated rings. The smallest absolute Gasteiger partial charge is 0.183 e. The number of hydrogen-bond donors (Lipinski definition) is 2. The minimum atomic E-state index is 0.0927. The van der Waals surface area contributed by atoms with Gasteiger partial charge in [0.1, 0.15) is 0 Å². The average Bonchev–Trinajstić information content (AvgIpc) is 3.06. The molecule has 5 heteroatoms. The molecule has 0 spiro atoms. The molecule has 1 aliphatic rings. The summed E-state index contributed by atoms with van der Waals surface area (Å²) in [6, 6.07) is 12.4. The van der Waals surface area contributed by atoms with Gasteiger partial charge in [-0.2, -0.15) is 0 Å². The van der Waals surface area contributed by atoms with Gasteiger partial charge in [0.25, 0.3) is 0 Å². The monoisotopic (exact) mass is 300 g/mol. The number of rotatable bonds is 3. The molecule has 4 nitrogen and oxygen atoms in total. The van der Waals surface area contributed by atoms with Crippen LogP contribution in [-0.4, -0.2) is 28.1 Å². The zero-order valence-electron chi connectivity index (χ0n) is 12.2. The van der Waals surface area contributed by atoms with Crippen LogP contribution in [0.5, 0.6) is 0 Å². The highest BCUT2D eigenvalue weighted by atomic mass is 32.1. The quantitative estimate of drug-likeness (QED) is 0.674. The lowest BCUT2D eigenvalue weighted by molar-refractivity contribution is 0.461. The number of likely N-dealkylation sites (tertiary alicyclic amines) is 1. The van der Waals surface area contributed by atoms with E-state index in [2.05, 4.69) is 40.9 Å². The zero-order valence-corrected chi connectivity index (χ0v) is 13.0. The van der Waals surface area contributed by atoms with Crippen LogP contribution in [0.15, 0.2) is 36.4 Å². The first-order valence-electron chi connectivity index (χ1n) is 7.40. The highest BCUT2D eigenvalue weighted by molar-refractivity contribution is 7.80. The first-order valence-corrected chi connectivity index (χ1v) is 7.81. The number of thiocarbonyl (C=S) groups is 1. The molecule has 1 aromatic carbocycles. The predicted octanol–water partition coefficient (Wildman–Crippen LogP) is 2.77. The molecule has 0 radical (unpaired) electrons. The van der Waals surface area contributed by atoms with Crippen molar-refractivity contribution in [3.8, 4) is 0 Å². The van der Waals surface area contributed by atoms with Crippen LogP contribution in [0.4, 0.5) is 0 Å². The van der Waals surface area contributed by atoms with Crippen molar-refractivity contribution >= 4 is 28.2 Å². The van der Waals surface area contributed by atoms with Crippen molar-refractivity contribution in [3.63, 3.8) is 0 Å². The summed E-state index contributed by atoms with van der Waals surface area (Å²) < 4.78 is 0. The first kappa shape index (κ1) is 14.2. The van der Waals surface area contributed by atoms with Crippen LogP contribution in [0.2, 0.25) is 0 Å². The number of pyridine rings is 1. The minimum absolute atomic E-state index is 0.0927. The maximum Gasteiger partial charge on any atom is 0.183 e. The lowest BCUT2D eigenvalue weighted by atomic mass is 10.1. The molecule has 0 unspecified atom stereocenters. The Kier molecular flexibility index (Phi) is 4.31. The fourth-order valence-electron chi connectivity index (χ4n) is 2.57. The van der Waals surface area contributed by atoms with Gasteiger partial charge in [0, 0.05) is 18.5 Å². The second-order valence-corrected chi connectivity index (χ2v) is 5.81.